The molecule has 5 fully saturated rings. The fourth-order valence-corrected chi connectivity index (χ4v) is 7.12. The van der Waals surface area contributed by atoms with Gasteiger partial charge in [0.05, 0.1) is 25.2 Å². The molecular formula is C39H45ClN12O6. The lowest BCUT2D eigenvalue weighted by Crippen LogP contribution is -2.39. The second-order valence-electron chi connectivity index (χ2n) is 16.2. The van der Waals surface area contributed by atoms with Crippen LogP contribution in [0.5, 0.6) is 0 Å². The van der Waals surface area contributed by atoms with Gasteiger partial charge >= 0.3 is 6.09 Å². The summed E-state index contributed by atoms with van der Waals surface area (Å²) in [6.45, 7) is 9.36. The van der Waals surface area contributed by atoms with Crippen molar-refractivity contribution in [3.8, 4) is 0 Å². The first-order valence-corrected chi connectivity index (χ1v) is 19.8. The van der Waals surface area contributed by atoms with Crippen molar-refractivity contribution < 1.29 is 28.7 Å². The van der Waals surface area contributed by atoms with Gasteiger partial charge in [0, 0.05) is 66.1 Å². The number of rotatable bonds is 7. The summed E-state index contributed by atoms with van der Waals surface area (Å²) in [6, 6.07) is 4.11. The molecule has 0 aromatic carbocycles. The predicted octanol–water partition coefficient (Wildman–Crippen LogP) is 3.59. The van der Waals surface area contributed by atoms with E-state index in [0.717, 1.165) is 75.5 Å². The molecule has 3 N–H and O–H groups in total. The Balaban J connectivity index is 0.000000162. The van der Waals surface area contributed by atoms with Crippen LogP contribution in [0.1, 0.15) is 76.8 Å². The molecule has 0 spiro atoms. The molecule has 5 amide bonds. The maximum absolute atomic E-state index is 12.9. The van der Waals surface area contributed by atoms with Crippen molar-refractivity contribution in [2.24, 2.45) is 0 Å². The fraction of sp³-hybridized carbons (Fsp3) is 0.462. The van der Waals surface area contributed by atoms with Crippen molar-refractivity contribution in [3.05, 3.63) is 52.0 Å². The topological polar surface area (TPSA) is 201 Å². The highest BCUT2D eigenvalue weighted by Crippen LogP contribution is 2.35. The van der Waals surface area contributed by atoms with Gasteiger partial charge in [0.15, 0.2) is 11.3 Å². The summed E-state index contributed by atoms with van der Waals surface area (Å²) < 4.78 is 8.86. The quantitative estimate of drug-likeness (QED) is 0.139. The molecule has 9 rings (SSSR count). The van der Waals surface area contributed by atoms with Crippen LogP contribution >= 0.6 is 11.6 Å². The monoisotopic (exact) mass is 812 g/mol. The molecule has 0 radical (unpaired) electrons. The zero-order valence-electron chi connectivity index (χ0n) is 32.7. The number of hydrogen-bond acceptors (Lipinski definition) is 13. The van der Waals surface area contributed by atoms with E-state index in [1.807, 2.05) is 0 Å². The van der Waals surface area contributed by atoms with Gasteiger partial charge in [-0.2, -0.15) is 19.2 Å². The molecule has 3 saturated heterocycles. The van der Waals surface area contributed by atoms with E-state index in [2.05, 4.69) is 54.0 Å². The first kappa shape index (κ1) is 39.0. The molecular weight excluding hydrogens is 768 g/mol. The number of fused-ring (bicyclic) bond motifs is 2. The summed E-state index contributed by atoms with van der Waals surface area (Å²) in [7, 11) is 2.15. The predicted molar refractivity (Wildman–Crippen MR) is 215 cm³/mol. The molecule has 0 unspecified atom stereocenters. The van der Waals surface area contributed by atoms with Crippen LogP contribution in [0.15, 0.2) is 35.7 Å². The minimum atomic E-state index is -0.651. The van der Waals surface area contributed by atoms with Gasteiger partial charge in [0.1, 0.15) is 28.2 Å². The van der Waals surface area contributed by atoms with E-state index in [9.17, 15) is 24.0 Å². The number of ether oxygens (including phenoxy) is 1. The number of carbonyl (C=O) groups excluding carboxylic acids is 5. The van der Waals surface area contributed by atoms with Gasteiger partial charge in [-0.15, -0.1) is 0 Å². The van der Waals surface area contributed by atoms with Gasteiger partial charge in [-0.1, -0.05) is 11.6 Å². The fourth-order valence-electron chi connectivity index (χ4n) is 6.95. The first-order valence-electron chi connectivity index (χ1n) is 19.4. The van der Waals surface area contributed by atoms with Crippen LogP contribution in [0.3, 0.4) is 0 Å². The van der Waals surface area contributed by atoms with Crippen LogP contribution in [0, 0.1) is 0 Å². The summed E-state index contributed by atoms with van der Waals surface area (Å²) in [5.74, 6) is 0.880. The van der Waals surface area contributed by atoms with Crippen molar-refractivity contribution in [2.75, 3.05) is 48.3 Å². The standard InChI is InChI=1S/C20H25N7O2.C19H20ClN5O4/c1-25-5-2-6-26(8-7-25)16-11-17(22-15-3-4-15)27-19(23-16)14(12-21-27)9-13-10-18(28)24-20(13)29;1-19(2,3)29-18(28)24(12-4-5-12)15-8-13(20)22-16-11(9-21-25(15)16)6-10-7-14(26)23-17(10)27/h9,11-12,15,22H,2-8,10H2,1H3,(H,24,28,29);6,8-9,12H,4-5,7H2,1-3H3,(H,23,26,27)/b13-9+;10-6+. The highest BCUT2D eigenvalue weighted by atomic mass is 35.5. The van der Waals surface area contributed by atoms with Gasteiger partial charge in [-0.3, -0.25) is 34.7 Å². The third kappa shape index (κ3) is 8.67. The van der Waals surface area contributed by atoms with Crippen LogP contribution < -0.4 is 25.8 Å². The lowest BCUT2D eigenvalue weighted by atomic mass is 10.1. The van der Waals surface area contributed by atoms with Crippen LogP contribution in [0.2, 0.25) is 5.15 Å². The van der Waals surface area contributed by atoms with E-state index in [1.165, 1.54) is 10.7 Å². The minimum absolute atomic E-state index is 0.00393. The zero-order chi connectivity index (χ0) is 40.9. The lowest BCUT2D eigenvalue weighted by molar-refractivity contribution is -0.125. The number of aromatic nitrogens is 6. The first-order chi connectivity index (χ1) is 27.7. The molecule has 2 aliphatic carbocycles. The maximum atomic E-state index is 12.9. The molecule has 4 aromatic heterocycles. The van der Waals surface area contributed by atoms with Crippen molar-refractivity contribution in [1.82, 2.24) is 44.7 Å². The second-order valence-corrected chi connectivity index (χ2v) is 16.6. The zero-order valence-corrected chi connectivity index (χ0v) is 33.5. The Bertz CT molecular complexity index is 2410. The Morgan fingerprint density at radius 1 is 0.862 bits per heavy atom. The van der Waals surface area contributed by atoms with Crippen molar-refractivity contribution in [2.45, 2.75) is 83.4 Å². The van der Waals surface area contributed by atoms with Gasteiger partial charge < -0.3 is 19.9 Å². The van der Waals surface area contributed by atoms with Crippen LogP contribution in [-0.4, -0.2) is 115 Å². The average Bonchev–Trinajstić information content (AvgIpc) is 4.04. The van der Waals surface area contributed by atoms with E-state index < -0.39 is 17.6 Å². The number of halogens is 1. The molecule has 4 aromatic rings. The number of imide groups is 2. The summed E-state index contributed by atoms with van der Waals surface area (Å²) in [4.78, 5) is 75.1. The highest BCUT2D eigenvalue weighted by Gasteiger charge is 2.38. The van der Waals surface area contributed by atoms with Crippen LogP contribution in [0.4, 0.5) is 22.2 Å². The molecule has 304 valence electrons. The molecule has 58 heavy (non-hydrogen) atoms. The van der Waals surface area contributed by atoms with Crippen molar-refractivity contribution in [3.63, 3.8) is 0 Å². The number of nitrogens with zero attached hydrogens (tertiary/aromatic N) is 9. The number of anilines is 3. The largest absolute Gasteiger partial charge is 0.443 e. The molecule has 5 aliphatic rings. The van der Waals surface area contributed by atoms with E-state index >= 15 is 0 Å². The number of hydrogen-bond donors (Lipinski definition) is 3. The Labute approximate surface area is 338 Å². The van der Waals surface area contributed by atoms with Crippen molar-refractivity contribution in [1.29, 1.82) is 0 Å². The number of likely N-dealkylation sites (N-methyl/N-ethyl adjacent to an activating group) is 1. The van der Waals surface area contributed by atoms with Crippen molar-refractivity contribution >= 4 is 82.2 Å². The van der Waals surface area contributed by atoms with Crippen LogP contribution in [0.25, 0.3) is 23.4 Å². The average molecular weight is 813 g/mol. The number of nitrogens with one attached hydrogen (secondary N) is 3. The van der Waals surface area contributed by atoms with E-state index in [-0.39, 0.29) is 41.8 Å². The molecule has 0 atom stereocenters. The Kier molecular flexibility index (Phi) is 10.4. The number of carbonyl (C=O) groups is 5. The van der Waals surface area contributed by atoms with Gasteiger partial charge in [0.25, 0.3) is 11.8 Å². The molecule has 19 heteroatoms. The summed E-state index contributed by atoms with van der Waals surface area (Å²) in [5, 5.41) is 17.1. The molecule has 18 nitrogen and oxygen atoms in total. The second kappa shape index (κ2) is 15.5. The highest BCUT2D eigenvalue weighted by molar-refractivity contribution is 6.30. The van der Waals surface area contributed by atoms with E-state index in [0.29, 0.717) is 39.9 Å². The third-order valence-corrected chi connectivity index (χ3v) is 10.3. The molecule has 0 bridgehead atoms. The normalized spacial score (nSPS) is 20.4. The lowest BCUT2D eigenvalue weighted by Gasteiger charge is -2.27. The Morgan fingerprint density at radius 3 is 2.05 bits per heavy atom. The summed E-state index contributed by atoms with van der Waals surface area (Å²) >= 11 is 6.24. The smallest absolute Gasteiger partial charge is 0.416 e. The summed E-state index contributed by atoms with van der Waals surface area (Å²) in [5.41, 5.74) is 2.46. The maximum Gasteiger partial charge on any atom is 0.416 e. The Hall–Kier alpha value is -5.88. The molecule has 3 aliphatic heterocycles. The van der Waals surface area contributed by atoms with Gasteiger partial charge in [0.2, 0.25) is 11.8 Å². The van der Waals surface area contributed by atoms with E-state index in [4.69, 9.17) is 21.3 Å². The molecule has 2 saturated carbocycles. The van der Waals surface area contributed by atoms with Crippen LogP contribution in [-0.2, 0) is 23.9 Å². The van der Waals surface area contributed by atoms with Gasteiger partial charge in [-0.25, -0.2) is 14.8 Å². The third-order valence-electron chi connectivity index (χ3n) is 10.1. The number of amides is 5. The SMILES string of the molecule is CC(C)(C)OC(=O)N(c1cc(Cl)nc2c(/C=C3\CC(=O)NC3=O)cnn12)C1CC1.CN1CCCN(c2cc(NC3CC3)n3ncc(/C=C4\CC(=O)NC4=O)c3n2)CC1. The molecule has 7 heterocycles. The van der Waals surface area contributed by atoms with Gasteiger partial charge in [-0.05, 0) is 78.6 Å². The Morgan fingerprint density at radius 2 is 1.48 bits per heavy atom. The summed E-state index contributed by atoms with van der Waals surface area (Å²) in [6.07, 6.45) is 11.2. The minimum Gasteiger partial charge on any atom is -0.443 e. The van der Waals surface area contributed by atoms with E-state index in [1.54, 1.807) is 54.6 Å².